The van der Waals surface area contributed by atoms with Crippen molar-refractivity contribution in [2.24, 2.45) is 23.7 Å². The number of unbranched alkanes of at least 4 members (excludes halogenated alkanes) is 4. The van der Waals surface area contributed by atoms with Crippen LogP contribution in [0.5, 0.6) is 0 Å². The van der Waals surface area contributed by atoms with E-state index in [1.54, 1.807) is 0 Å². The molecule has 4 heteroatoms. The van der Waals surface area contributed by atoms with Crippen LogP contribution in [0.4, 0.5) is 0 Å². The number of rotatable bonds is 24. The molecule has 0 N–H and O–H groups in total. The Balaban J connectivity index is 1.15. The van der Waals surface area contributed by atoms with E-state index in [-0.39, 0.29) is 11.8 Å². The Kier molecular flexibility index (Phi) is 20.9. The van der Waals surface area contributed by atoms with Gasteiger partial charge in [-0.25, -0.2) is 0 Å². The summed E-state index contributed by atoms with van der Waals surface area (Å²) in [6.45, 7) is 18.6. The van der Waals surface area contributed by atoms with Gasteiger partial charge >= 0.3 is 0 Å². The molecule has 0 bridgehead atoms. The molecule has 0 nitrogen and oxygen atoms in total. The van der Waals surface area contributed by atoms with Gasteiger partial charge < -0.3 is 0 Å². The van der Waals surface area contributed by atoms with Gasteiger partial charge in [-0.3, -0.25) is 0 Å². The van der Waals surface area contributed by atoms with Crippen molar-refractivity contribution in [1.82, 2.24) is 0 Å². The third-order valence-electron chi connectivity index (χ3n) is 18.0. The third-order valence-corrected chi connectivity index (χ3v) is 22.1. The molecule has 0 spiro atoms. The van der Waals surface area contributed by atoms with Gasteiger partial charge in [0.1, 0.15) is 0 Å². The van der Waals surface area contributed by atoms with E-state index >= 15 is 0 Å². The lowest BCUT2D eigenvalue weighted by Crippen LogP contribution is -2.17. The Labute approximate surface area is 510 Å². The molecule has 2 aliphatic rings. The van der Waals surface area contributed by atoms with Crippen molar-refractivity contribution in [3.63, 3.8) is 0 Å². The predicted octanol–water partition coefficient (Wildman–Crippen LogP) is 22.7. The molecule has 4 aromatic carbocycles. The maximum absolute atomic E-state index is 4.01. The zero-order valence-corrected chi connectivity index (χ0v) is 53.7. The van der Waals surface area contributed by atoms with Crippen LogP contribution in [-0.4, -0.2) is 0 Å². The number of thiophene rings is 4. The fourth-order valence-corrected chi connectivity index (χ4v) is 17.0. The van der Waals surface area contributed by atoms with Crippen LogP contribution in [0.15, 0.2) is 97.1 Å². The van der Waals surface area contributed by atoms with Gasteiger partial charge in [-0.15, -0.1) is 45.3 Å². The van der Waals surface area contributed by atoms with Crippen LogP contribution >= 0.6 is 45.3 Å². The first-order chi connectivity index (χ1) is 40.3. The van der Waals surface area contributed by atoms with Gasteiger partial charge in [0.05, 0.1) is 31.3 Å². The van der Waals surface area contributed by atoms with Crippen molar-refractivity contribution < 1.29 is 0 Å². The summed E-state index contributed by atoms with van der Waals surface area (Å²) in [6.07, 6.45) is 24.8. The second-order valence-corrected chi connectivity index (χ2v) is 28.4. The van der Waals surface area contributed by atoms with E-state index in [1.807, 2.05) is 45.3 Å². The molecule has 0 fully saturated rings. The van der Waals surface area contributed by atoms with Crippen LogP contribution in [0.3, 0.4) is 0 Å². The van der Waals surface area contributed by atoms with E-state index in [0.29, 0.717) is 11.8 Å². The minimum Gasteiger partial charge on any atom is -0.132 e. The summed E-state index contributed by atoms with van der Waals surface area (Å²) < 4.78 is 0. The molecule has 422 valence electrons. The smallest absolute Gasteiger partial charge is 0.0775 e. The van der Waals surface area contributed by atoms with Crippen LogP contribution < -0.4 is 0 Å². The summed E-state index contributed by atoms with van der Waals surface area (Å²) in [6, 6.07) is 37.2. The summed E-state index contributed by atoms with van der Waals surface area (Å²) in [5.74, 6) is 33.4. The topological polar surface area (TPSA) is 0 Å². The Morgan fingerprint density at radius 1 is 0.354 bits per heavy atom. The number of hydrogen-bond donors (Lipinski definition) is 0. The molecule has 0 saturated carbocycles. The molecular weight excluding hydrogens is 1070 g/mol. The minimum absolute atomic E-state index is 0.170. The molecule has 0 saturated heterocycles. The van der Waals surface area contributed by atoms with Gasteiger partial charge in [0, 0.05) is 30.6 Å². The summed E-state index contributed by atoms with van der Waals surface area (Å²) in [7, 11) is 0. The van der Waals surface area contributed by atoms with Gasteiger partial charge in [0.2, 0.25) is 0 Å². The average molecular weight is 1150 g/mol. The highest BCUT2D eigenvalue weighted by Gasteiger charge is 2.37. The van der Waals surface area contributed by atoms with Crippen molar-refractivity contribution in [2.45, 2.75) is 196 Å². The Morgan fingerprint density at radius 3 is 0.976 bits per heavy atom. The fraction of sp³-hybridized carbons (Fsp3) is 0.436. The van der Waals surface area contributed by atoms with E-state index in [9.17, 15) is 0 Å². The molecule has 8 aromatic rings. The largest absolute Gasteiger partial charge is 0.132 e. The maximum Gasteiger partial charge on any atom is 0.0775 e. The molecule has 0 amide bonds. The number of benzene rings is 4. The van der Waals surface area contributed by atoms with E-state index < -0.39 is 0 Å². The first-order valence-electron chi connectivity index (χ1n) is 31.9. The summed E-state index contributed by atoms with van der Waals surface area (Å²) in [5.41, 5.74) is 9.78. The fourth-order valence-electron chi connectivity index (χ4n) is 13.0. The standard InChI is InChI=1S/C78H86S4/c1-9-17-23-53(13-5)47-63-39-35-59(79-63)33-31-57-51-73-69(45-43-61-37-41-65(81-61)49-55(15-7)25-19-11-3)72-30-22-28-68-58(32-34-60-36-40-64(80-60)48-54(14-6)24-18-10-2)52-74-70(71-29-21-27-67(57)75(71)77(73)78(74)76(68)72)46-44-62-38-42-66(82-62)50-56(16-8)26-20-12-4/h21-22,27-30,35-42,51-56,69-70H,9-20,23-26,47-50H2,1-8H3. The highest BCUT2D eigenvalue weighted by Crippen LogP contribution is 2.57. The van der Waals surface area contributed by atoms with Crippen LogP contribution in [0.2, 0.25) is 0 Å². The summed E-state index contributed by atoms with van der Waals surface area (Å²) in [5, 5.41) is 4.97. The van der Waals surface area contributed by atoms with E-state index in [1.165, 1.54) is 177 Å². The minimum atomic E-state index is -0.170. The second-order valence-electron chi connectivity index (χ2n) is 23.8. The highest BCUT2D eigenvalue weighted by molar-refractivity contribution is 7.13. The summed E-state index contributed by atoms with van der Waals surface area (Å²) in [4.78, 5) is 10.4. The Bertz CT molecular complexity index is 3490. The first kappa shape index (κ1) is 59.6. The lowest BCUT2D eigenvalue weighted by atomic mass is 9.66. The molecule has 82 heavy (non-hydrogen) atoms. The molecule has 2 aliphatic carbocycles. The molecule has 6 unspecified atom stereocenters. The average Bonchev–Trinajstić information content (AvgIpc) is 1.59. The van der Waals surface area contributed by atoms with Crippen molar-refractivity contribution in [2.75, 3.05) is 0 Å². The molecule has 4 heterocycles. The second kappa shape index (κ2) is 28.8. The molecule has 4 aromatic heterocycles. The van der Waals surface area contributed by atoms with Gasteiger partial charge in [0.15, 0.2) is 0 Å². The quantitative estimate of drug-likeness (QED) is 0.0529. The van der Waals surface area contributed by atoms with E-state index in [4.69, 9.17) is 0 Å². The zero-order chi connectivity index (χ0) is 57.0. The summed E-state index contributed by atoms with van der Waals surface area (Å²) >= 11 is 7.55. The number of hydrogen-bond acceptors (Lipinski definition) is 4. The van der Waals surface area contributed by atoms with Gasteiger partial charge in [-0.1, -0.05) is 242 Å². The monoisotopic (exact) mass is 1150 g/mol. The first-order valence-corrected chi connectivity index (χ1v) is 35.1. The highest BCUT2D eigenvalue weighted by atomic mass is 32.1. The normalized spacial score (nSPS) is 15.2. The van der Waals surface area contributed by atoms with E-state index in [0.717, 1.165) is 68.2 Å². The van der Waals surface area contributed by atoms with Crippen molar-refractivity contribution >= 4 is 66.9 Å². The van der Waals surface area contributed by atoms with E-state index in [2.05, 4.69) is 200 Å². The SMILES string of the molecule is CCCCC(CC)Cc1ccc(C#Cc2cc3c4c5c(cccc25)C(C#Cc2ccc(CC(CC)CCCC)s2)c2cc(C#Cc5ccc(CC(CC)CCCC)s5)c5cccc(c5c2-4)C3C#Cc2ccc(CC(CC)CCCC)s2)s1. The third kappa shape index (κ3) is 13.8. The molecular formula is C78H86S4. The van der Waals surface area contributed by atoms with Crippen molar-refractivity contribution in [3.8, 4) is 58.5 Å². The maximum atomic E-state index is 4.01. The van der Waals surface area contributed by atoms with Gasteiger partial charge in [-0.05, 0) is 165 Å². The van der Waals surface area contributed by atoms with Crippen LogP contribution in [0.25, 0.3) is 32.7 Å². The zero-order valence-electron chi connectivity index (χ0n) is 50.5. The van der Waals surface area contributed by atoms with Gasteiger partial charge in [-0.2, -0.15) is 0 Å². The predicted molar refractivity (Wildman–Crippen MR) is 362 cm³/mol. The molecule has 0 radical (unpaired) electrons. The van der Waals surface area contributed by atoms with Crippen molar-refractivity contribution in [3.05, 3.63) is 169 Å². The Morgan fingerprint density at radius 2 is 0.671 bits per heavy atom. The molecule has 6 atom stereocenters. The molecule has 10 rings (SSSR count). The van der Waals surface area contributed by atoms with Gasteiger partial charge in [0.25, 0.3) is 0 Å². The van der Waals surface area contributed by atoms with Crippen LogP contribution in [0, 0.1) is 71.0 Å². The van der Waals surface area contributed by atoms with Crippen LogP contribution in [-0.2, 0) is 25.7 Å². The lowest BCUT2D eigenvalue weighted by Gasteiger charge is -2.35. The Hall–Kier alpha value is -5.56. The molecule has 0 aliphatic heterocycles. The lowest BCUT2D eigenvalue weighted by molar-refractivity contribution is 0.452. The van der Waals surface area contributed by atoms with Crippen LogP contribution in [0.1, 0.15) is 242 Å². The van der Waals surface area contributed by atoms with Crippen molar-refractivity contribution in [1.29, 1.82) is 0 Å².